The van der Waals surface area contributed by atoms with E-state index in [1.165, 1.54) is 0 Å². The van der Waals surface area contributed by atoms with E-state index in [4.69, 9.17) is 35.2 Å². The molecule has 0 saturated carbocycles. The van der Waals surface area contributed by atoms with Crippen molar-refractivity contribution in [3.8, 4) is 0 Å². The first-order valence-corrected chi connectivity index (χ1v) is 11.7. The number of nitrogens with two attached hydrogens (primary N) is 2. The van der Waals surface area contributed by atoms with Crippen LogP contribution in [0.5, 0.6) is 0 Å². The summed E-state index contributed by atoms with van der Waals surface area (Å²) >= 11 is 0. The fourth-order valence-electron chi connectivity index (χ4n) is 4.55. The van der Waals surface area contributed by atoms with Crippen LogP contribution in [0.25, 0.3) is 0 Å². The smallest absolute Gasteiger partial charge is 0.217 e. The summed E-state index contributed by atoms with van der Waals surface area (Å²) in [7, 11) is 0. The van der Waals surface area contributed by atoms with Crippen LogP contribution in [0.1, 0.15) is 6.92 Å². The van der Waals surface area contributed by atoms with Crippen molar-refractivity contribution in [3.05, 3.63) is 0 Å². The van der Waals surface area contributed by atoms with Crippen molar-refractivity contribution in [1.82, 2.24) is 5.32 Å². The summed E-state index contributed by atoms with van der Waals surface area (Å²) in [5.41, 5.74) is 11.6. The number of carbonyl (C=O) groups excluding carboxylic acids is 1. The third kappa shape index (κ3) is 7.08. The summed E-state index contributed by atoms with van der Waals surface area (Å²) in [6, 6.07) is -4.04. The Morgan fingerprint density at radius 2 is 1.24 bits per heavy atom. The SMILES string of the molecule is CC(=O)NC1C(OC2C(CO)OC(O)C(N)C2O)OC(CO)C(OC2OC(CO)C(O)C(O)C2N)C1O.[Ag]. The van der Waals surface area contributed by atoms with Gasteiger partial charge in [0.1, 0.15) is 61.0 Å². The molecule has 13 N–H and O–H groups in total. The summed E-state index contributed by atoms with van der Waals surface area (Å²) in [6.45, 7) is -0.992. The maximum Gasteiger partial charge on any atom is 0.217 e. The molecular formula is C20H37AgN3O14. The Balaban J connectivity index is 0.00000507. The summed E-state index contributed by atoms with van der Waals surface area (Å²) in [4.78, 5) is 11.9. The van der Waals surface area contributed by atoms with Gasteiger partial charge in [-0.15, -0.1) is 0 Å². The van der Waals surface area contributed by atoms with Crippen LogP contribution < -0.4 is 16.8 Å². The van der Waals surface area contributed by atoms with Crippen LogP contribution in [0.15, 0.2) is 0 Å². The second-order valence-electron chi connectivity index (χ2n) is 9.24. The third-order valence-electron chi connectivity index (χ3n) is 6.65. The van der Waals surface area contributed by atoms with Crippen molar-refractivity contribution in [1.29, 1.82) is 0 Å². The Morgan fingerprint density at radius 1 is 0.737 bits per heavy atom. The third-order valence-corrected chi connectivity index (χ3v) is 6.65. The van der Waals surface area contributed by atoms with E-state index in [1.54, 1.807) is 0 Å². The van der Waals surface area contributed by atoms with Crippen LogP contribution in [-0.2, 0) is 50.9 Å². The molecule has 0 aliphatic carbocycles. The average Bonchev–Trinajstić information content (AvgIpc) is 2.87. The van der Waals surface area contributed by atoms with Crippen LogP contribution in [0.2, 0.25) is 0 Å². The molecule has 1 radical (unpaired) electrons. The van der Waals surface area contributed by atoms with E-state index in [-0.39, 0.29) is 22.4 Å². The minimum atomic E-state index is -1.67. The Labute approximate surface area is 233 Å². The number of carbonyl (C=O) groups is 1. The minimum absolute atomic E-state index is 0. The molecule has 3 rings (SSSR count). The van der Waals surface area contributed by atoms with Gasteiger partial charge in [0.25, 0.3) is 0 Å². The first-order valence-electron chi connectivity index (χ1n) is 11.7. The van der Waals surface area contributed by atoms with Crippen LogP contribution in [0.4, 0.5) is 0 Å². The number of ether oxygens (including phenoxy) is 5. The number of aliphatic hydroxyl groups is 8. The van der Waals surface area contributed by atoms with E-state index in [2.05, 4.69) is 5.32 Å². The van der Waals surface area contributed by atoms with Gasteiger partial charge >= 0.3 is 0 Å². The Kier molecular flexibility index (Phi) is 12.9. The molecule has 0 aromatic heterocycles. The second kappa shape index (κ2) is 14.5. The van der Waals surface area contributed by atoms with Crippen molar-refractivity contribution >= 4 is 5.91 Å². The van der Waals surface area contributed by atoms with Crippen molar-refractivity contribution in [2.24, 2.45) is 11.5 Å². The van der Waals surface area contributed by atoms with Gasteiger partial charge in [-0.05, 0) is 0 Å². The molecule has 0 aromatic carbocycles. The standard InChI is InChI=1S/C20H37N3O14.Ag/c1-5(27)23-11-15(31)17(36-19-10(22)13(29)12(28)6(2-24)34-19)8(4-26)35-20(11)37-16-7(3-25)33-18(32)9(21)14(16)30;/h6-20,24-26,28-32H,2-4,21-22H2,1H3,(H,23,27);. The van der Waals surface area contributed by atoms with Crippen LogP contribution in [-0.4, -0.2) is 159 Å². The minimum Gasteiger partial charge on any atom is -0.394 e. The van der Waals surface area contributed by atoms with Gasteiger partial charge in [-0.2, -0.15) is 0 Å². The molecule has 227 valence electrons. The zero-order chi connectivity index (χ0) is 27.6. The quantitative estimate of drug-likeness (QED) is 0.109. The monoisotopic (exact) mass is 650 g/mol. The molecule has 0 aromatic rings. The van der Waals surface area contributed by atoms with Gasteiger partial charge in [0, 0.05) is 29.3 Å². The van der Waals surface area contributed by atoms with E-state index in [9.17, 15) is 45.6 Å². The van der Waals surface area contributed by atoms with E-state index in [0.717, 1.165) is 6.92 Å². The summed E-state index contributed by atoms with van der Waals surface area (Å²) in [5.74, 6) is -0.627. The van der Waals surface area contributed by atoms with Gasteiger partial charge in [-0.1, -0.05) is 0 Å². The van der Waals surface area contributed by atoms with E-state index < -0.39 is 118 Å². The molecule has 3 aliphatic rings. The maximum atomic E-state index is 11.9. The average molecular weight is 651 g/mol. The van der Waals surface area contributed by atoms with E-state index >= 15 is 0 Å². The van der Waals surface area contributed by atoms with Crippen LogP contribution >= 0.6 is 0 Å². The molecule has 3 saturated heterocycles. The number of hydrogen-bond donors (Lipinski definition) is 11. The largest absolute Gasteiger partial charge is 0.394 e. The Morgan fingerprint density at radius 3 is 1.79 bits per heavy atom. The number of nitrogens with one attached hydrogen (secondary N) is 1. The van der Waals surface area contributed by atoms with E-state index in [0.29, 0.717) is 0 Å². The normalized spacial score (nSPS) is 47.7. The Bertz CT molecular complexity index is 756. The molecule has 0 spiro atoms. The number of aliphatic hydroxyl groups excluding tert-OH is 8. The fourth-order valence-corrected chi connectivity index (χ4v) is 4.55. The van der Waals surface area contributed by atoms with Gasteiger partial charge in [-0.25, -0.2) is 0 Å². The number of hydrogen-bond acceptors (Lipinski definition) is 16. The predicted octanol–water partition coefficient (Wildman–Crippen LogP) is -7.50. The molecule has 15 unspecified atom stereocenters. The van der Waals surface area contributed by atoms with Crippen LogP contribution in [0, 0.1) is 0 Å². The molecular weight excluding hydrogens is 614 g/mol. The van der Waals surface area contributed by atoms with Gasteiger partial charge in [0.2, 0.25) is 5.91 Å². The Hall–Kier alpha value is -0.390. The van der Waals surface area contributed by atoms with Gasteiger partial charge in [-0.3, -0.25) is 4.79 Å². The molecule has 3 aliphatic heterocycles. The van der Waals surface area contributed by atoms with Crippen molar-refractivity contribution in [2.45, 2.75) is 98.9 Å². The molecule has 3 fully saturated rings. The zero-order valence-electron chi connectivity index (χ0n) is 20.3. The van der Waals surface area contributed by atoms with Crippen molar-refractivity contribution in [3.63, 3.8) is 0 Å². The summed E-state index contributed by atoms with van der Waals surface area (Å²) < 4.78 is 27.8. The molecule has 38 heavy (non-hydrogen) atoms. The summed E-state index contributed by atoms with van der Waals surface area (Å²) in [5, 5.41) is 83.1. The molecule has 3 heterocycles. The predicted molar refractivity (Wildman–Crippen MR) is 117 cm³/mol. The first-order chi connectivity index (χ1) is 17.4. The van der Waals surface area contributed by atoms with Gasteiger partial charge in [0.05, 0.1) is 31.9 Å². The van der Waals surface area contributed by atoms with Crippen molar-refractivity contribution in [2.75, 3.05) is 19.8 Å². The number of rotatable bonds is 8. The maximum absolute atomic E-state index is 11.9. The van der Waals surface area contributed by atoms with E-state index in [1.807, 2.05) is 0 Å². The van der Waals surface area contributed by atoms with Crippen molar-refractivity contribution < 1.29 is 91.7 Å². The fraction of sp³-hybridized carbons (Fsp3) is 0.950. The molecule has 0 bridgehead atoms. The zero-order valence-corrected chi connectivity index (χ0v) is 21.7. The molecule has 15 atom stereocenters. The molecule has 1 amide bonds. The molecule has 17 nitrogen and oxygen atoms in total. The molecule has 18 heteroatoms. The number of amides is 1. The van der Waals surface area contributed by atoms with Gasteiger partial charge in [0.15, 0.2) is 18.9 Å². The summed E-state index contributed by atoms with van der Waals surface area (Å²) in [6.07, 6.45) is -17.6. The topological polar surface area (TPSA) is 289 Å². The van der Waals surface area contributed by atoms with Gasteiger partial charge < -0.3 is 81.3 Å². The van der Waals surface area contributed by atoms with Crippen LogP contribution in [0.3, 0.4) is 0 Å². The second-order valence-corrected chi connectivity index (χ2v) is 9.24. The first kappa shape index (κ1) is 33.8.